The first-order chi connectivity index (χ1) is 12.3. The van der Waals surface area contributed by atoms with Crippen LogP contribution in [0.4, 0.5) is 0 Å². The molecule has 0 N–H and O–H groups in total. The number of benzene rings is 1. The molecule has 0 bridgehead atoms. The van der Waals surface area contributed by atoms with Crippen LogP contribution in [-0.2, 0) is 11.2 Å². The Labute approximate surface area is 155 Å². The normalized spacial score (nSPS) is 20.3. The molecule has 3 rings (SSSR count). The van der Waals surface area contributed by atoms with Crippen LogP contribution in [0.3, 0.4) is 0 Å². The van der Waals surface area contributed by atoms with E-state index < -0.39 is 0 Å². The largest absolute Gasteiger partial charge is 0.497 e. The Hall–Kier alpha value is -1.20. The van der Waals surface area contributed by atoms with E-state index in [1.54, 1.807) is 7.11 Å². The van der Waals surface area contributed by atoms with Crippen molar-refractivity contribution >= 4 is 17.7 Å². The average Bonchev–Trinajstić information content (AvgIpc) is 2.93. The highest BCUT2D eigenvalue weighted by atomic mass is 32.2. The fourth-order valence-electron chi connectivity index (χ4n) is 3.80. The van der Waals surface area contributed by atoms with Gasteiger partial charge in [0.25, 0.3) is 0 Å². The van der Waals surface area contributed by atoms with Crippen molar-refractivity contribution in [2.75, 3.05) is 44.8 Å². The van der Waals surface area contributed by atoms with Crippen LogP contribution in [0.25, 0.3) is 0 Å². The Morgan fingerprint density at radius 2 is 1.88 bits per heavy atom. The third kappa shape index (κ3) is 5.38. The molecule has 2 heterocycles. The van der Waals surface area contributed by atoms with E-state index in [9.17, 15) is 4.79 Å². The van der Waals surface area contributed by atoms with Gasteiger partial charge in [0.05, 0.1) is 7.11 Å². The number of hydrogen-bond acceptors (Lipinski definition) is 4. The van der Waals surface area contributed by atoms with Gasteiger partial charge in [-0.25, -0.2) is 0 Å². The number of amides is 1. The van der Waals surface area contributed by atoms with E-state index >= 15 is 0 Å². The summed E-state index contributed by atoms with van der Waals surface area (Å²) in [5, 5.41) is 0. The molecule has 0 unspecified atom stereocenters. The van der Waals surface area contributed by atoms with E-state index in [2.05, 4.69) is 33.7 Å². The van der Waals surface area contributed by atoms with Crippen LogP contribution in [0.2, 0.25) is 0 Å². The maximum atomic E-state index is 12.6. The van der Waals surface area contributed by atoms with E-state index in [0.29, 0.717) is 12.3 Å². The molecular formula is C20H30N2O2S. The summed E-state index contributed by atoms with van der Waals surface area (Å²) in [6, 6.07) is 8.78. The molecule has 0 radical (unpaired) electrons. The molecular weight excluding hydrogens is 332 g/mol. The number of carbonyl (C=O) groups excluding carboxylic acids is 1. The van der Waals surface area contributed by atoms with Gasteiger partial charge in [-0.3, -0.25) is 9.69 Å². The smallest absolute Gasteiger partial charge is 0.222 e. The molecule has 2 fully saturated rings. The van der Waals surface area contributed by atoms with Gasteiger partial charge in [-0.2, -0.15) is 11.8 Å². The zero-order chi connectivity index (χ0) is 17.5. The van der Waals surface area contributed by atoms with Gasteiger partial charge in [0, 0.05) is 38.6 Å². The summed E-state index contributed by atoms with van der Waals surface area (Å²) in [6.45, 7) is 4.01. The molecule has 1 aromatic carbocycles. The third-order valence-electron chi connectivity index (χ3n) is 5.38. The van der Waals surface area contributed by atoms with E-state index in [-0.39, 0.29) is 0 Å². The predicted molar refractivity (Wildman–Crippen MR) is 104 cm³/mol. The summed E-state index contributed by atoms with van der Waals surface area (Å²) in [5.41, 5.74) is 1.20. The summed E-state index contributed by atoms with van der Waals surface area (Å²) in [6.07, 6.45) is 5.15. The minimum absolute atomic E-state index is 0.303. The van der Waals surface area contributed by atoms with Crippen LogP contribution >= 0.6 is 11.8 Å². The third-order valence-corrected chi connectivity index (χ3v) is 6.43. The SMILES string of the molecule is COc1ccc(CCC(=O)N2CCCN(C3CCSCC3)CC2)cc1. The van der Waals surface area contributed by atoms with Gasteiger partial charge in [-0.15, -0.1) is 0 Å². The number of carbonyl (C=O) groups is 1. The molecule has 2 saturated heterocycles. The summed E-state index contributed by atoms with van der Waals surface area (Å²) in [5.74, 6) is 3.76. The van der Waals surface area contributed by atoms with Crippen LogP contribution in [-0.4, -0.2) is 66.5 Å². The molecule has 1 amide bonds. The second kappa shape index (κ2) is 9.48. The average molecular weight is 363 g/mol. The minimum Gasteiger partial charge on any atom is -0.497 e. The molecule has 0 aliphatic carbocycles. The van der Waals surface area contributed by atoms with Gasteiger partial charge in [0.2, 0.25) is 5.91 Å². The quantitative estimate of drug-likeness (QED) is 0.806. The van der Waals surface area contributed by atoms with Crippen molar-refractivity contribution in [3.05, 3.63) is 29.8 Å². The van der Waals surface area contributed by atoms with E-state index in [1.807, 2.05) is 12.1 Å². The topological polar surface area (TPSA) is 32.8 Å². The van der Waals surface area contributed by atoms with Crippen molar-refractivity contribution in [3.63, 3.8) is 0 Å². The molecule has 1 aromatic rings. The Morgan fingerprint density at radius 3 is 2.60 bits per heavy atom. The fourth-order valence-corrected chi connectivity index (χ4v) is 4.89. The molecule has 0 saturated carbocycles. The zero-order valence-corrected chi connectivity index (χ0v) is 16.1. The summed E-state index contributed by atoms with van der Waals surface area (Å²) in [4.78, 5) is 17.3. The lowest BCUT2D eigenvalue weighted by Gasteiger charge is -2.33. The highest BCUT2D eigenvalue weighted by Gasteiger charge is 2.25. The predicted octanol–water partition coefficient (Wildman–Crippen LogP) is 3.06. The summed E-state index contributed by atoms with van der Waals surface area (Å²) < 4.78 is 5.18. The molecule has 2 aliphatic heterocycles. The molecule has 0 atom stereocenters. The molecule has 0 spiro atoms. The monoisotopic (exact) mass is 362 g/mol. The van der Waals surface area contributed by atoms with Gasteiger partial charge in [-0.1, -0.05) is 12.1 Å². The van der Waals surface area contributed by atoms with E-state index in [1.165, 1.54) is 29.9 Å². The lowest BCUT2D eigenvalue weighted by atomic mass is 10.1. The van der Waals surface area contributed by atoms with Gasteiger partial charge >= 0.3 is 0 Å². The Morgan fingerprint density at radius 1 is 1.12 bits per heavy atom. The first-order valence-corrected chi connectivity index (χ1v) is 10.6. The van der Waals surface area contributed by atoms with Crippen LogP contribution in [0.15, 0.2) is 24.3 Å². The van der Waals surface area contributed by atoms with Crippen molar-refractivity contribution in [1.29, 1.82) is 0 Å². The Kier molecular flexibility index (Phi) is 7.05. The summed E-state index contributed by atoms with van der Waals surface area (Å²) >= 11 is 2.08. The molecule has 0 aromatic heterocycles. The van der Waals surface area contributed by atoms with Crippen LogP contribution in [0.5, 0.6) is 5.75 Å². The Bertz CT molecular complexity index is 543. The molecule has 5 heteroatoms. The van der Waals surface area contributed by atoms with Crippen molar-refractivity contribution in [1.82, 2.24) is 9.80 Å². The molecule has 25 heavy (non-hydrogen) atoms. The first-order valence-electron chi connectivity index (χ1n) is 9.49. The molecule has 2 aliphatic rings. The minimum atomic E-state index is 0.303. The fraction of sp³-hybridized carbons (Fsp3) is 0.650. The van der Waals surface area contributed by atoms with Crippen LogP contribution in [0, 0.1) is 0 Å². The second-order valence-electron chi connectivity index (χ2n) is 6.96. The number of aryl methyl sites for hydroxylation is 1. The second-order valence-corrected chi connectivity index (χ2v) is 8.19. The van der Waals surface area contributed by atoms with Crippen molar-refractivity contribution in [2.45, 2.75) is 38.1 Å². The summed E-state index contributed by atoms with van der Waals surface area (Å²) in [7, 11) is 1.67. The molecule has 4 nitrogen and oxygen atoms in total. The van der Waals surface area contributed by atoms with Gasteiger partial charge in [0.15, 0.2) is 0 Å². The highest BCUT2D eigenvalue weighted by Crippen LogP contribution is 2.23. The van der Waals surface area contributed by atoms with Crippen molar-refractivity contribution in [2.24, 2.45) is 0 Å². The Balaban J connectivity index is 1.45. The maximum absolute atomic E-state index is 12.6. The van der Waals surface area contributed by atoms with Crippen LogP contribution in [0.1, 0.15) is 31.2 Å². The van der Waals surface area contributed by atoms with Crippen molar-refractivity contribution in [3.8, 4) is 5.75 Å². The number of nitrogens with zero attached hydrogens (tertiary/aromatic N) is 2. The standard InChI is InChI=1S/C20H30N2O2S/c1-24-19-6-3-17(4-7-19)5-8-20(23)22-12-2-11-21(13-14-22)18-9-15-25-16-10-18/h3-4,6-7,18H,2,5,8-16H2,1H3. The van der Waals surface area contributed by atoms with Crippen LogP contribution < -0.4 is 4.74 Å². The lowest BCUT2D eigenvalue weighted by Crippen LogP contribution is -2.41. The maximum Gasteiger partial charge on any atom is 0.222 e. The van der Waals surface area contributed by atoms with Gasteiger partial charge < -0.3 is 9.64 Å². The molecule has 138 valence electrons. The van der Waals surface area contributed by atoms with Gasteiger partial charge in [-0.05, 0) is 54.9 Å². The number of thioether (sulfide) groups is 1. The number of methoxy groups -OCH3 is 1. The highest BCUT2D eigenvalue weighted by molar-refractivity contribution is 7.99. The van der Waals surface area contributed by atoms with Crippen molar-refractivity contribution < 1.29 is 9.53 Å². The van der Waals surface area contributed by atoms with Gasteiger partial charge in [0.1, 0.15) is 5.75 Å². The number of hydrogen-bond donors (Lipinski definition) is 0. The lowest BCUT2D eigenvalue weighted by molar-refractivity contribution is -0.131. The van der Waals surface area contributed by atoms with E-state index in [4.69, 9.17) is 4.74 Å². The van der Waals surface area contributed by atoms with E-state index in [0.717, 1.165) is 50.8 Å². The number of ether oxygens (including phenoxy) is 1. The number of rotatable bonds is 5. The zero-order valence-electron chi connectivity index (χ0n) is 15.3. The first kappa shape index (κ1) is 18.6.